The van der Waals surface area contributed by atoms with E-state index in [0.29, 0.717) is 17.4 Å². The lowest BCUT2D eigenvalue weighted by Gasteiger charge is -2.08. The highest BCUT2D eigenvalue weighted by molar-refractivity contribution is 5.78. The van der Waals surface area contributed by atoms with E-state index < -0.39 is 0 Å². The van der Waals surface area contributed by atoms with Crippen LogP contribution in [0.4, 0.5) is 5.95 Å². The predicted octanol–water partition coefficient (Wildman–Crippen LogP) is 1.89. The maximum atomic E-state index is 6.06. The van der Waals surface area contributed by atoms with Crippen LogP contribution in [0.1, 0.15) is 38.9 Å². The third-order valence-corrected chi connectivity index (χ3v) is 3.87. The number of hydrogen-bond donors (Lipinski definition) is 1. The molecule has 0 spiro atoms. The molecule has 2 N–H and O–H groups in total. The molecule has 0 saturated heterocycles. The van der Waals surface area contributed by atoms with Crippen molar-refractivity contribution in [3.63, 3.8) is 0 Å². The number of anilines is 1. The molecule has 2 heterocycles. The van der Waals surface area contributed by atoms with Gasteiger partial charge in [0.25, 0.3) is 0 Å². The Morgan fingerprint density at radius 3 is 2.65 bits per heavy atom. The van der Waals surface area contributed by atoms with Crippen LogP contribution in [-0.2, 0) is 13.5 Å². The Hall–Kier alpha value is -1.52. The van der Waals surface area contributed by atoms with Gasteiger partial charge in [0, 0.05) is 13.1 Å². The van der Waals surface area contributed by atoms with Crippen molar-refractivity contribution in [3.05, 3.63) is 5.69 Å². The van der Waals surface area contributed by atoms with Crippen molar-refractivity contribution in [2.45, 2.75) is 39.7 Å². The van der Waals surface area contributed by atoms with Crippen molar-refractivity contribution >= 4 is 17.1 Å². The average Bonchev–Trinajstić information content (AvgIpc) is 2.61. The molecule has 1 aliphatic rings. The van der Waals surface area contributed by atoms with Crippen molar-refractivity contribution in [2.24, 2.45) is 12.5 Å². The first-order valence-corrected chi connectivity index (χ1v) is 6.15. The van der Waals surface area contributed by atoms with Gasteiger partial charge >= 0.3 is 0 Å². The standard InChI is InChI=1S/C12H19N5/c1-5-7-9-10(16(4)15-7)17(11(13)14-9)8-6-12(8,2)3/h8H,5-6H2,1-4H3,(H2,13,14). The first kappa shape index (κ1) is 10.6. The number of nitrogens with zero attached hydrogens (tertiary/aromatic N) is 4. The Kier molecular flexibility index (Phi) is 1.89. The quantitative estimate of drug-likeness (QED) is 0.861. The number of nitrogen functional groups attached to an aromatic ring is 1. The van der Waals surface area contributed by atoms with Crippen molar-refractivity contribution in [1.29, 1.82) is 0 Å². The van der Waals surface area contributed by atoms with E-state index >= 15 is 0 Å². The van der Waals surface area contributed by atoms with E-state index in [9.17, 15) is 0 Å². The van der Waals surface area contributed by atoms with Gasteiger partial charge in [0.2, 0.25) is 5.95 Å². The van der Waals surface area contributed by atoms with Crippen molar-refractivity contribution in [3.8, 4) is 0 Å². The topological polar surface area (TPSA) is 61.7 Å². The minimum absolute atomic E-state index is 0.332. The molecule has 0 bridgehead atoms. The van der Waals surface area contributed by atoms with Crippen LogP contribution in [0.3, 0.4) is 0 Å². The molecule has 1 saturated carbocycles. The van der Waals surface area contributed by atoms with Crippen LogP contribution in [0.25, 0.3) is 11.2 Å². The van der Waals surface area contributed by atoms with Crippen molar-refractivity contribution in [1.82, 2.24) is 19.3 Å². The van der Waals surface area contributed by atoms with Gasteiger partial charge < -0.3 is 5.73 Å². The highest BCUT2D eigenvalue weighted by Crippen LogP contribution is 2.57. The average molecular weight is 233 g/mol. The van der Waals surface area contributed by atoms with Gasteiger partial charge in [-0.2, -0.15) is 5.10 Å². The third-order valence-electron chi connectivity index (χ3n) is 3.87. The molecule has 1 unspecified atom stereocenters. The molecule has 0 radical (unpaired) electrons. The van der Waals surface area contributed by atoms with Crippen LogP contribution in [0.5, 0.6) is 0 Å². The minimum atomic E-state index is 0.332. The Labute approximate surface area is 101 Å². The molecule has 2 aromatic heterocycles. The van der Waals surface area contributed by atoms with Gasteiger partial charge in [-0.15, -0.1) is 0 Å². The number of aromatic nitrogens is 4. The normalized spacial score (nSPS) is 22.2. The van der Waals surface area contributed by atoms with Crippen LogP contribution in [0.15, 0.2) is 0 Å². The zero-order valence-electron chi connectivity index (χ0n) is 10.9. The van der Waals surface area contributed by atoms with Gasteiger partial charge in [-0.05, 0) is 18.3 Å². The van der Waals surface area contributed by atoms with Gasteiger partial charge in [0.15, 0.2) is 5.65 Å². The molecule has 3 rings (SSSR count). The zero-order valence-corrected chi connectivity index (χ0v) is 10.9. The number of hydrogen-bond acceptors (Lipinski definition) is 3. The highest BCUT2D eigenvalue weighted by atomic mass is 15.4. The molecule has 1 aliphatic carbocycles. The summed E-state index contributed by atoms with van der Waals surface area (Å²) in [5.74, 6) is 0.623. The Morgan fingerprint density at radius 2 is 2.12 bits per heavy atom. The fourth-order valence-corrected chi connectivity index (χ4v) is 2.65. The third kappa shape index (κ3) is 1.31. The summed E-state index contributed by atoms with van der Waals surface area (Å²) in [7, 11) is 1.97. The van der Waals surface area contributed by atoms with E-state index in [4.69, 9.17) is 5.73 Å². The molecule has 1 fully saturated rings. The summed E-state index contributed by atoms with van der Waals surface area (Å²) in [5.41, 5.74) is 9.46. The molecule has 17 heavy (non-hydrogen) atoms. The van der Waals surface area contributed by atoms with Crippen molar-refractivity contribution < 1.29 is 0 Å². The van der Waals surface area contributed by atoms with Crippen LogP contribution < -0.4 is 5.73 Å². The van der Waals surface area contributed by atoms with Gasteiger partial charge in [0.1, 0.15) is 5.52 Å². The lowest BCUT2D eigenvalue weighted by atomic mass is 10.2. The van der Waals surface area contributed by atoms with Gasteiger partial charge in [-0.3, -0.25) is 9.25 Å². The van der Waals surface area contributed by atoms with Crippen LogP contribution in [0.2, 0.25) is 0 Å². The maximum absolute atomic E-state index is 6.06. The Balaban J connectivity index is 2.24. The van der Waals surface area contributed by atoms with E-state index in [0.717, 1.165) is 29.7 Å². The number of imidazole rings is 1. The number of rotatable bonds is 2. The summed E-state index contributed by atoms with van der Waals surface area (Å²) in [6, 6.07) is 0.465. The molecule has 0 aliphatic heterocycles. The molecule has 5 heteroatoms. The second-order valence-electron chi connectivity index (χ2n) is 5.64. The van der Waals surface area contributed by atoms with Crippen LogP contribution >= 0.6 is 0 Å². The van der Waals surface area contributed by atoms with Gasteiger partial charge in [-0.1, -0.05) is 20.8 Å². The predicted molar refractivity (Wildman–Crippen MR) is 67.7 cm³/mol. The van der Waals surface area contributed by atoms with Gasteiger partial charge in [0.05, 0.1) is 5.69 Å². The second-order valence-corrected chi connectivity index (χ2v) is 5.64. The van der Waals surface area contributed by atoms with Crippen LogP contribution in [-0.4, -0.2) is 19.3 Å². The number of aryl methyl sites for hydroxylation is 2. The Morgan fingerprint density at radius 1 is 1.47 bits per heavy atom. The molecular weight excluding hydrogens is 214 g/mol. The lowest BCUT2D eigenvalue weighted by Crippen LogP contribution is -2.08. The smallest absolute Gasteiger partial charge is 0.202 e. The molecule has 0 amide bonds. The highest BCUT2D eigenvalue weighted by Gasteiger charge is 2.49. The monoisotopic (exact) mass is 233 g/mol. The SMILES string of the molecule is CCc1nn(C)c2c1nc(N)n2C1CC1(C)C. The van der Waals surface area contributed by atoms with E-state index in [1.807, 2.05) is 11.7 Å². The van der Waals surface area contributed by atoms with E-state index in [2.05, 4.69) is 35.4 Å². The molecular formula is C12H19N5. The molecule has 0 aromatic carbocycles. The summed E-state index contributed by atoms with van der Waals surface area (Å²) < 4.78 is 4.06. The summed E-state index contributed by atoms with van der Waals surface area (Å²) in [5, 5.41) is 4.51. The summed E-state index contributed by atoms with van der Waals surface area (Å²) >= 11 is 0. The van der Waals surface area contributed by atoms with Crippen LogP contribution in [0, 0.1) is 5.41 Å². The molecule has 92 valence electrons. The van der Waals surface area contributed by atoms with Gasteiger partial charge in [-0.25, -0.2) is 4.98 Å². The first-order chi connectivity index (χ1) is 7.95. The van der Waals surface area contributed by atoms with E-state index in [1.165, 1.54) is 0 Å². The molecule has 1 atom stereocenters. The fraction of sp³-hybridized carbons (Fsp3) is 0.667. The summed E-state index contributed by atoms with van der Waals surface area (Å²) in [4.78, 5) is 4.49. The molecule has 5 nitrogen and oxygen atoms in total. The van der Waals surface area contributed by atoms with E-state index in [1.54, 1.807) is 0 Å². The fourth-order valence-electron chi connectivity index (χ4n) is 2.65. The largest absolute Gasteiger partial charge is 0.369 e. The lowest BCUT2D eigenvalue weighted by molar-refractivity contribution is 0.545. The first-order valence-electron chi connectivity index (χ1n) is 6.15. The van der Waals surface area contributed by atoms with Crippen molar-refractivity contribution in [2.75, 3.05) is 5.73 Å². The number of nitrogens with two attached hydrogens (primary N) is 1. The minimum Gasteiger partial charge on any atom is -0.369 e. The zero-order chi connectivity index (χ0) is 12.4. The second kappa shape index (κ2) is 3.03. The summed E-state index contributed by atoms with van der Waals surface area (Å²) in [6.45, 7) is 6.62. The van der Waals surface area contributed by atoms with E-state index in [-0.39, 0.29) is 0 Å². The Bertz CT molecular complexity index is 590. The maximum Gasteiger partial charge on any atom is 0.202 e. The summed E-state index contributed by atoms with van der Waals surface area (Å²) in [6.07, 6.45) is 2.05. The number of fused-ring (bicyclic) bond motifs is 1. The molecule has 2 aromatic rings.